The first kappa shape index (κ1) is 10.5. The van der Waals surface area contributed by atoms with Gasteiger partial charge in [0.05, 0.1) is 0 Å². The molecule has 0 spiro atoms. The Bertz CT molecular complexity index is 256. The van der Waals surface area contributed by atoms with Gasteiger partial charge in [-0.15, -0.1) is 0 Å². The number of carbonyl (C=O) groups excluding carboxylic acids is 1. The van der Waals surface area contributed by atoms with Crippen LogP contribution in [0.3, 0.4) is 0 Å². The molecule has 0 N–H and O–H groups in total. The Morgan fingerprint density at radius 2 is 1.85 bits per heavy atom. The molecule has 1 nitrogen and oxygen atoms in total. The monoisotopic (exact) mass is 180 g/mol. The van der Waals surface area contributed by atoms with E-state index in [1.807, 2.05) is 6.92 Å². The first-order valence-electron chi connectivity index (χ1n) is 5.10. The molecule has 0 saturated carbocycles. The predicted octanol–water partition coefficient (Wildman–Crippen LogP) is 3.35. The van der Waals surface area contributed by atoms with Crippen LogP contribution in [0.2, 0.25) is 0 Å². The van der Waals surface area contributed by atoms with Crippen LogP contribution in [0.1, 0.15) is 47.5 Å². The predicted molar refractivity (Wildman–Crippen MR) is 55.6 cm³/mol. The van der Waals surface area contributed by atoms with Gasteiger partial charge >= 0.3 is 0 Å². The highest BCUT2D eigenvalue weighted by Crippen LogP contribution is 2.42. The molecule has 0 heterocycles. The normalized spacial score (nSPS) is 22.8. The van der Waals surface area contributed by atoms with Crippen molar-refractivity contribution in [3.8, 4) is 0 Å². The molecule has 0 unspecified atom stereocenters. The molecular weight excluding hydrogens is 160 g/mol. The molecule has 0 aliphatic heterocycles. The minimum Gasteiger partial charge on any atom is -0.295 e. The summed E-state index contributed by atoms with van der Waals surface area (Å²) in [5, 5.41) is 0. The van der Waals surface area contributed by atoms with Gasteiger partial charge < -0.3 is 0 Å². The Labute approximate surface area is 81.2 Å². The van der Waals surface area contributed by atoms with Crippen LogP contribution < -0.4 is 0 Å². The standard InChI is InChI=1S/C12H20O/c1-8(2)11-9(3)10(13)6-7-12(11,4)5/h8H,6-7H2,1-5H3. The van der Waals surface area contributed by atoms with Gasteiger partial charge in [0.1, 0.15) is 0 Å². The molecule has 0 bridgehead atoms. The summed E-state index contributed by atoms with van der Waals surface area (Å²) in [4.78, 5) is 11.5. The minimum atomic E-state index is 0.228. The van der Waals surface area contributed by atoms with E-state index in [2.05, 4.69) is 27.7 Å². The summed E-state index contributed by atoms with van der Waals surface area (Å²) >= 11 is 0. The average Bonchev–Trinajstić information content (AvgIpc) is 1.96. The quantitative estimate of drug-likeness (QED) is 0.605. The molecule has 0 fully saturated rings. The summed E-state index contributed by atoms with van der Waals surface area (Å²) in [6.45, 7) is 10.8. The van der Waals surface area contributed by atoms with Crippen molar-refractivity contribution in [1.29, 1.82) is 0 Å². The van der Waals surface area contributed by atoms with E-state index in [0.29, 0.717) is 11.7 Å². The third-order valence-electron chi connectivity index (χ3n) is 3.11. The maximum atomic E-state index is 11.5. The molecule has 0 radical (unpaired) electrons. The molecule has 0 aromatic carbocycles. The molecule has 13 heavy (non-hydrogen) atoms. The number of hydrogen-bond acceptors (Lipinski definition) is 1. The number of ketones is 1. The van der Waals surface area contributed by atoms with E-state index in [1.165, 1.54) is 5.57 Å². The Balaban J connectivity index is 3.17. The van der Waals surface area contributed by atoms with Crippen molar-refractivity contribution in [1.82, 2.24) is 0 Å². The van der Waals surface area contributed by atoms with Gasteiger partial charge in [0.15, 0.2) is 5.78 Å². The largest absolute Gasteiger partial charge is 0.295 e. The van der Waals surface area contributed by atoms with Gasteiger partial charge in [-0.05, 0) is 30.3 Å². The number of rotatable bonds is 1. The molecule has 1 rings (SSSR count). The molecule has 0 amide bonds. The van der Waals surface area contributed by atoms with E-state index in [-0.39, 0.29) is 5.41 Å². The van der Waals surface area contributed by atoms with Crippen LogP contribution in [-0.2, 0) is 4.79 Å². The first-order valence-corrected chi connectivity index (χ1v) is 5.10. The fourth-order valence-corrected chi connectivity index (χ4v) is 2.62. The van der Waals surface area contributed by atoms with Crippen molar-refractivity contribution in [2.75, 3.05) is 0 Å². The summed E-state index contributed by atoms with van der Waals surface area (Å²) in [6.07, 6.45) is 1.74. The Kier molecular flexibility index (Phi) is 2.65. The third kappa shape index (κ3) is 1.84. The van der Waals surface area contributed by atoms with Gasteiger partial charge in [-0.2, -0.15) is 0 Å². The summed E-state index contributed by atoms with van der Waals surface area (Å²) in [6, 6.07) is 0. The molecule has 1 aliphatic carbocycles. The Hall–Kier alpha value is -0.590. The first-order chi connectivity index (χ1) is 5.86. The highest BCUT2D eigenvalue weighted by molar-refractivity contribution is 5.96. The molecule has 0 saturated heterocycles. The number of Topliss-reactive ketones (excluding diaryl/α,β-unsaturated/α-hetero) is 1. The second-order valence-corrected chi connectivity index (χ2v) is 5.00. The van der Waals surface area contributed by atoms with E-state index in [4.69, 9.17) is 0 Å². The van der Waals surface area contributed by atoms with Gasteiger partial charge in [-0.25, -0.2) is 0 Å². The van der Waals surface area contributed by atoms with Gasteiger partial charge in [-0.1, -0.05) is 33.3 Å². The lowest BCUT2D eigenvalue weighted by Crippen LogP contribution is -2.27. The SMILES string of the molecule is CC1=C(C(C)C)C(C)(C)CCC1=O. The van der Waals surface area contributed by atoms with Gasteiger partial charge in [0.25, 0.3) is 0 Å². The lowest BCUT2D eigenvalue weighted by Gasteiger charge is -2.36. The van der Waals surface area contributed by atoms with Crippen LogP contribution in [0, 0.1) is 11.3 Å². The summed E-state index contributed by atoms with van der Waals surface area (Å²) in [5.41, 5.74) is 2.61. The average molecular weight is 180 g/mol. The molecule has 1 heteroatoms. The highest BCUT2D eigenvalue weighted by atomic mass is 16.1. The molecule has 0 aromatic rings. The van der Waals surface area contributed by atoms with Gasteiger partial charge in [0, 0.05) is 6.42 Å². The van der Waals surface area contributed by atoms with Gasteiger partial charge in [-0.3, -0.25) is 4.79 Å². The third-order valence-corrected chi connectivity index (χ3v) is 3.11. The van der Waals surface area contributed by atoms with Crippen molar-refractivity contribution in [3.63, 3.8) is 0 Å². The zero-order valence-electron chi connectivity index (χ0n) is 9.40. The van der Waals surface area contributed by atoms with Crippen LogP contribution in [0.15, 0.2) is 11.1 Å². The summed E-state index contributed by atoms with van der Waals surface area (Å²) in [7, 11) is 0. The van der Waals surface area contributed by atoms with E-state index in [0.717, 1.165) is 18.4 Å². The van der Waals surface area contributed by atoms with E-state index in [1.54, 1.807) is 0 Å². The number of hydrogen-bond donors (Lipinski definition) is 0. The Morgan fingerprint density at radius 1 is 1.31 bits per heavy atom. The fourth-order valence-electron chi connectivity index (χ4n) is 2.62. The van der Waals surface area contributed by atoms with Crippen LogP contribution in [-0.4, -0.2) is 5.78 Å². The summed E-state index contributed by atoms with van der Waals surface area (Å²) < 4.78 is 0. The number of allylic oxidation sites excluding steroid dienone is 2. The van der Waals surface area contributed by atoms with Crippen molar-refractivity contribution < 1.29 is 4.79 Å². The molecule has 0 aromatic heterocycles. The van der Waals surface area contributed by atoms with Crippen LogP contribution in [0.4, 0.5) is 0 Å². The van der Waals surface area contributed by atoms with Crippen LogP contribution in [0.5, 0.6) is 0 Å². The molecule has 0 atom stereocenters. The minimum absolute atomic E-state index is 0.228. The van der Waals surface area contributed by atoms with Crippen molar-refractivity contribution in [2.24, 2.45) is 11.3 Å². The Morgan fingerprint density at radius 3 is 2.23 bits per heavy atom. The smallest absolute Gasteiger partial charge is 0.158 e. The topological polar surface area (TPSA) is 17.1 Å². The van der Waals surface area contributed by atoms with Crippen LogP contribution >= 0.6 is 0 Å². The van der Waals surface area contributed by atoms with E-state index < -0.39 is 0 Å². The fraction of sp³-hybridized carbons (Fsp3) is 0.750. The van der Waals surface area contributed by atoms with Crippen LogP contribution in [0.25, 0.3) is 0 Å². The van der Waals surface area contributed by atoms with Gasteiger partial charge in [0.2, 0.25) is 0 Å². The molecule has 1 aliphatic rings. The van der Waals surface area contributed by atoms with Crippen molar-refractivity contribution in [3.05, 3.63) is 11.1 Å². The lowest BCUT2D eigenvalue weighted by atomic mass is 9.68. The zero-order valence-corrected chi connectivity index (χ0v) is 9.40. The maximum Gasteiger partial charge on any atom is 0.158 e. The summed E-state index contributed by atoms with van der Waals surface area (Å²) in [5.74, 6) is 0.849. The lowest BCUT2D eigenvalue weighted by molar-refractivity contribution is -0.116. The van der Waals surface area contributed by atoms with Crippen molar-refractivity contribution in [2.45, 2.75) is 47.5 Å². The maximum absolute atomic E-state index is 11.5. The number of carbonyl (C=O) groups is 1. The van der Waals surface area contributed by atoms with E-state index in [9.17, 15) is 4.79 Å². The molecule has 74 valence electrons. The van der Waals surface area contributed by atoms with Crippen molar-refractivity contribution >= 4 is 5.78 Å². The van der Waals surface area contributed by atoms with E-state index >= 15 is 0 Å². The zero-order chi connectivity index (χ0) is 10.2. The molecular formula is C12H20O. The second kappa shape index (κ2) is 3.28. The second-order valence-electron chi connectivity index (χ2n) is 5.00. The highest BCUT2D eigenvalue weighted by Gasteiger charge is 2.33.